The number of carbonyl (C=O) groups is 3. The van der Waals surface area contributed by atoms with Gasteiger partial charge >= 0.3 is 5.97 Å². The number of hydrogen-bond acceptors (Lipinski definition) is 6. The molecule has 6 nitrogen and oxygen atoms in total. The summed E-state index contributed by atoms with van der Waals surface area (Å²) in [5, 5.41) is 0. The number of hydrogen-bond donors (Lipinski definition) is 0. The molecule has 0 unspecified atom stereocenters. The van der Waals surface area contributed by atoms with E-state index in [-0.39, 0.29) is 18.2 Å². The molecule has 0 amide bonds. The number of rotatable bonds is 8. The van der Waals surface area contributed by atoms with Crippen molar-refractivity contribution in [2.24, 2.45) is 0 Å². The molecule has 0 aliphatic rings. The molecule has 136 valence electrons. The molecule has 0 saturated carbocycles. The second kappa shape index (κ2) is 8.80. The van der Waals surface area contributed by atoms with Crippen molar-refractivity contribution >= 4 is 17.5 Å². The minimum atomic E-state index is -0.931. The predicted molar refractivity (Wildman–Crippen MR) is 94.8 cm³/mol. The van der Waals surface area contributed by atoms with Gasteiger partial charge in [-0.1, -0.05) is 0 Å². The average Bonchev–Trinajstić information content (AvgIpc) is 2.66. The summed E-state index contributed by atoms with van der Waals surface area (Å²) in [5.41, 5.74) is 0.977. The summed E-state index contributed by atoms with van der Waals surface area (Å²) in [6.45, 7) is 2.64. The lowest BCUT2D eigenvalue weighted by molar-refractivity contribution is -0.148. The van der Waals surface area contributed by atoms with Gasteiger partial charge in [-0.05, 0) is 62.4 Å². The molecule has 2 rings (SSSR count). The fourth-order valence-corrected chi connectivity index (χ4v) is 2.20. The van der Waals surface area contributed by atoms with Crippen LogP contribution in [0.5, 0.6) is 11.5 Å². The van der Waals surface area contributed by atoms with Gasteiger partial charge in [-0.2, -0.15) is 0 Å². The van der Waals surface area contributed by atoms with Crippen molar-refractivity contribution in [2.75, 3.05) is 13.7 Å². The van der Waals surface area contributed by atoms with Gasteiger partial charge in [0.2, 0.25) is 5.78 Å². The molecule has 0 N–H and O–H groups in total. The fourth-order valence-electron chi connectivity index (χ4n) is 2.20. The number of benzene rings is 2. The number of carbonyl (C=O) groups excluding carboxylic acids is 3. The van der Waals surface area contributed by atoms with Crippen molar-refractivity contribution in [3.05, 3.63) is 59.7 Å². The minimum Gasteiger partial charge on any atom is -0.497 e. The maximum atomic E-state index is 12.3. The lowest BCUT2D eigenvalue weighted by Crippen LogP contribution is -2.27. The Hall–Kier alpha value is -3.15. The van der Waals surface area contributed by atoms with Crippen LogP contribution in [0.3, 0.4) is 0 Å². The summed E-state index contributed by atoms with van der Waals surface area (Å²) >= 11 is 0. The highest BCUT2D eigenvalue weighted by molar-refractivity contribution is 6.00. The smallest absolute Gasteiger partial charge is 0.344 e. The Bertz CT molecular complexity index is 777. The van der Waals surface area contributed by atoms with E-state index in [2.05, 4.69) is 0 Å². The van der Waals surface area contributed by atoms with Crippen molar-refractivity contribution in [2.45, 2.75) is 20.0 Å². The molecule has 0 fully saturated rings. The van der Waals surface area contributed by atoms with Crippen LogP contribution < -0.4 is 9.47 Å². The van der Waals surface area contributed by atoms with E-state index in [1.165, 1.54) is 21.0 Å². The van der Waals surface area contributed by atoms with Crippen molar-refractivity contribution in [1.29, 1.82) is 0 Å². The van der Waals surface area contributed by atoms with E-state index in [1.54, 1.807) is 48.5 Å². The third kappa shape index (κ3) is 5.17. The van der Waals surface area contributed by atoms with Crippen LogP contribution >= 0.6 is 0 Å². The van der Waals surface area contributed by atoms with Crippen molar-refractivity contribution in [3.63, 3.8) is 0 Å². The molecule has 0 aliphatic heterocycles. The van der Waals surface area contributed by atoms with Gasteiger partial charge in [0, 0.05) is 11.1 Å². The molecule has 2 aromatic rings. The maximum Gasteiger partial charge on any atom is 0.344 e. The van der Waals surface area contributed by atoms with Crippen molar-refractivity contribution in [1.82, 2.24) is 0 Å². The molecular formula is C20H20O6. The highest BCUT2D eigenvalue weighted by atomic mass is 16.6. The van der Waals surface area contributed by atoms with E-state index in [1.807, 2.05) is 0 Å². The summed E-state index contributed by atoms with van der Waals surface area (Å²) < 4.78 is 15.4. The molecule has 26 heavy (non-hydrogen) atoms. The maximum absolute atomic E-state index is 12.3. The van der Waals surface area contributed by atoms with Crippen molar-refractivity contribution < 1.29 is 28.6 Å². The van der Waals surface area contributed by atoms with E-state index in [0.717, 1.165) is 0 Å². The quantitative estimate of drug-likeness (QED) is 0.534. The monoisotopic (exact) mass is 356 g/mol. The van der Waals surface area contributed by atoms with E-state index < -0.39 is 12.1 Å². The SMILES string of the molecule is COc1ccc(C(=O)[C@H](C)OC(=O)COc2ccc(C(C)=O)cc2)cc1. The van der Waals surface area contributed by atoms with Crippen LogP contribution in [0.2, 0.25) is 0 Å². The molecular weight excluding hydrogens is 336 g/mol. The topological polar surface area (TPSA) is 78.9 Å². The first-order chi connectivity index (χ1) is 12.4. The molecule has 0 spiro atoms. The molecule has 0 aromatic heterocycles. The Kier molecular flexibility index (Phi) is 6.49. The molecule has 0 radical (unpaired) electrons. The van der Waals surface area contributed by atoms with Gasteiger partial charge in [-0.3, -0.25) is 9.59 Å². The lowest BCUT2D eigenvalue weighted by atomic mass is 10.1. The van der Waals surface area contributed by atoms with E-state index in [4.69, 9.17) is 14.2 Å². The fraction of sp³-hybridized carbons (Fsp3) is 0.250. The number of ketones is 2. The largest absolute Gasteiger partial charge is 0.497 e. The Morgan fingerprint density at radius 1 is 0.885 bits per heavy atom. The zero-order chi connectivity index (χ0) is 19.1. The zero-order valence-corrected chi connectivity index (χ0v) is 14.9. The summed E-state index contributed by atoms with van der Waals surface area (Å²) in [7, 11) is 1.54. The first-order valence-electron chi connectivity index (χ1n) is 8.02. The van der Waals surface area contributed by atoms with Crippen LogP contribution in [0.25, 0.3) is 0 Å². The zero-order valence-electron chi connectivity index (χ0n) is 14.9. The molecule has 2 aromatic carbocycles. The van der Waals surface area contributed by atoms with Gasteiger partial charge in [0.05, 0.1) is 7.11 Å². The standard InChI is InChI=1S/C20H20O6/c1-13(21)15-4-10-18(11-5-15)25-12-19(22)26-14(2)20(23)16-6-8-17(24-3)9-7-16/h4-11,14H,12H2,1-3H3/t14-/m0/s1. The Balaban J connectivity index is 1.85. The minimum absolute atomic E-state index is 0.0539. The van der Waals surface area contributed by atoms with Gasteiger partial charge in [0.1, 0.15) is 11.5 Å². The highest BCUT2D eigenvalue weighted by Crippen LogP contribution is 2.15. The van der Waals surface area contributed by atoms with E-state index >= 15 is 0 Å². The molecule has 0 heterocycles. The van der Waals surface area contributed by atoms with Gasteiger partial charge in [0.25, 0.3) is 0 Å². The molecule has 0 aliphatic carbocycles. The summed E-state index contributed by atoms with van der Waals surface area (Å²) in [6.07, 6.45) is -0.931. The average molecular weight is 356 g/mol. The number of Topliss-reactive ketones (excluding diaryl/α,β-unsaturated/α-hetero) is 2. The van der Waals surface area contributed by atoms with Crippen LogP contribution in [0.1, 0.15) is 34.6 Å². The van der Waals surface area contributed by atoms with E-state index in [0.29, 0.717) is 22.6 Å². The van der Waals surface area contributed by atoms with E-state index in [9.17, 15) is 14.4 Å². The second-order valence-electron chi connectivity index (χ2n) is 5.59. The molecule has 0 saturated heterocycles. The van der Waals surface area contributed by atoms with Crippen molar-refractivity contribution in [3.8, 4) is 11.5 Å². The Labute approximate surface area is 151 Å². The number of ether oxygens (including phenoxy) is 3. The second-order valence-corrected chi connectivity index (χ2v) is 5.59. The van der Waals surface area contributed by atoms with Crippen LogP contribution in [0.4, 0.5) is 0 Å². The van der Waals surface area contributed by atoms with Crippen LogP contribution in [0.15, 0.2) is 48.5 Å². The summed E-state index contributed by atoms with van der Waals surface area (Å²) in [4.78, 5) is 35.3. The first-order valence-corrected chi connectivity index (χ1v) is 8.02. The highest BCUT2D eigenvalue weighted by Gasteiger charge is 2.20. The van der Waals surface area contributed by atoms with Crippen LogP contribution in [-0.2, 0) is 9.53 Å². The molecule has 0 bridgehead atoms. The number of methoxy groups -OCH3 is 1. The van der Waals surface area contributed by atoms with Gasteiger partial charge in [-0.25, -0.2) is 4.79 Å². The number of esters is 1. The van der Waals surface area contributed by atoms with Gasteiger partial charge < -0.3 is 14.2 Å². The Morgan fingerprint density at radius 3 is 1.96 bits per heavy atom. The molecule has 6 heteroatoms. The third-order valence-electron chi connectivity index (χ3n) is 3.67. The van der Waals surface area contributed by atoms with Crippen LogP contribution in [0, 0.1) is 0 Å². The summed E-state index contributed by atoms with van der Waals surface area (Å²) in [6, 6.07) is 13.0. The third-order valence-corrected chi connectivity index (χ3v) is 3.67. The van der Waals surface area contributed by atoms with Gasteiger partial charge in [-0.15, -0.1) is 0 Å². The first kappa shape index (κ1) is 19.2. The van der Waals surface area contributed by atoms with Crippen LogP contribution in [-0.4, -0.2) is 37.4 Å². The summed E-state index contributed by atoms with van der Waals surface area (Å²) in [5.74, 6) is 0.0418. The van der Waals surface area contributed by atoms with Gasteiger partial charge in [0.15, 0.2) is 18.5 Å². The predicted octanol–water partition coefficient (Wildman–Crippen LogP) is 3.09. The molecule has 1 atom stereocenters. The lowest BCUT2D eigenvalue weighted by Gasteiger charge is -2.13. The Morgan fingerprint density at radius 2 is 1.42 bits per heavy atom. The normalized spacial score (nSPS) is 11.3.